The number of aliphatic hydroxyl groups excluding tert-OH is 1. The van der Waals surface area contributed by atoms with Crippen molar-refractivity contribution in [1.29, 1.82) is 0 Å². The molecule has 1 aromatic rings. The zero-order valence-electron chi connectivity index (χ0n) is 8.47. The predicted molar refractivity (Wildman–Crippen MR) is 58.1 cm³/mol. The van der Waals surface area contributed by atoms with E-state index in [-0.39, 0.29) is 12.4 Å². The minimum absolute atomic E-state index is 0.0127. The number of thioether (sulfide) groups is 1. The lowest BCUT2D eigenvalue weighted by atomic mass is 10.3. The van der Waals surface area contributed by atoms with Crippen LogP contribution in [0.15, 0.2) is 16.7 Å². The van der Waals surface area contributed by atoms with Crippen molar-refractivity contribution < 1.29 is 19.4 Å². The number of carboxylic acids is 1. The van der Waals surface area contributed by atoms with Crippen molar-refractivity contribution in [3.8, 4) is 0 Å². The Morgan fingerprint density at radius 1 is 1.67 bits per heavy atom. The molecule has 0 spiro atoms. The molecule has 2 N–H and O–H groups in total. The summed E-state index contributed by atoms with van der Waals surface area (Å²) in [5.41, 5.74) is 0.692. The van der Waals surface area contributed by atoms with Crippen LogP contribution >= 0.6 is 11.8 Å². The Morgan fingerprint density at radius 3 is 3.00 bits per heavy atom. The van der Waals surface area contributed by atoms with E-state index in [0.717, 1.165) is 0 Å². The molecule has 0 aliphatic heterocycles. The molecule has 0 bridgehead atoms. The molecule has 1 heterocycles. The Morgan fingerprint density at radius 2 is 2.40 bits per heavy atom. The fourth-order valence-corrected chi connectivity index (χ4v) is 2.10. The SMILES string of the molecule is CC(CCO)SCc1ccoc1C(=O)O. The van der Waals surface area contributed by atoms with Gasteiger partial charge in [0, 0.05) is 23.2 Å². The molecule has 5 heteroatoms. The Balaban J connectivity index is 2.50. The van der Waals surface area contributed by atoms with Gasteiger partial charge in [0.1, 0.15) is 0 Å². The molecule has 0 aliphatic rings. The molecular formula is C10H14O4S. The molecule has 84 valence electrons. The van der Waals surface area contributed by atoms with Gasteiger partial charge in [-0.25, -0.2) is 4.79 Å². The summed E-state index contributed by atoms with van der Waals surface area (Å²) in [7, 11) is 0. The van der Waals surface area contributed by atoms with Crippen LogP contribution in [0.4, 0.5) is 0 Å². The summed E-state index contributed by atoms with van der Waals surface area (Å²) in [5.74, 6) is -0.427. The molecule has 0 fully saturated rings. The molecule has 1 aromatic heterocycles. The molecule has 15 heavy (non-hydrogen) atoms. The molecule has 0 aromatic carbocycles. The van der Waals surface area contributed by atoms with Gasteiger partial charge in [0.25, 0.3) is 0 Å². The van der Waals surface area contributed by atoms with Crippen molar-refractivity contribution in [1.82, 2.24) is 0 Å². The van der Waals surface area contributed by atoms with Crippen LogP contribution in [0.25, 0.3) is 0 Å². The maximum Gasteiger partial charge on any atom is 0.372 e. The van der Waals surface area contributed by atoms with Gasteiger partial charge in [-0.05, 0) is 12.5 Å². The molecule has 1 unspecified atom stereocenters. The second-order valence-electron chi connectivity index (χ2n) is 3.21. The fourth-order valence-electron chi connectivity index (χ4n) is 1.13. The maximum atomic E-state index is 10.7. The smallest absolute Gasteiger partial charge is 0.372 e. The molecule has 1 rings (SSSR count). The first-order valence-corrected chi connectivity index (χ1v) is 5.72. The topological polar surface area (TPSA) is 70.7 Å². The van der Waals surface area contributed by atoms with E-state index in [1.807, 2.05) is 6.92 Å². The quantitative estimate of drug-likeness (QED) is 0.782. The lowest BCUT2D eigenvalue weighted by Crippen LogP contribution is -2.02. The predicted octanol–water partition coefficient (Wildman–Crippen LogP) is 1.98. The van der Waals surface area contributed by atoms with Gasteiger partial charge in [0.05, 0.1) is 6.26 Å². The lowest BCUT2D eigenvalue weighted by Gasteiger charge is -2.08. The fraction of sp³-hybridized carbons (Fsp3) is 0.500. The van der Waals surface area contributed by atoms with Crippen molar-refractivity contribution in [3.63, 3.8) is 0 Å². The van der Waals surface area contributed by atoms with Crippen molar-refractivity contribution in [2.24, 2.45) is 0 Å². The highest BCUT2D eigenvalue weighted by molar-refractivity contribution is 7.99. The van der Waals surface area contributed by atoms with E-state index in [1.165, 1.54) is 6.26 Å². The third kappa shape index (κ3) is 3.60. The number of hydrogen-bond acceptors (Lipinski definition) is 4. The zero-order chi connectivity index (χ0) is 11.3. The van der Waals surface area contributed by atoms with Crippen LogP contribution in [0.1, 0.15) is 29.5 Å². The molecule has 0 amide bonds. The maximum absolute atomic E-state index is 10.7. The number of furan rings is 1. The van der Waals surface area contributed by atoms with Gasteiger partial charge in [0.15, 0.2) is 0 Å². The van der Waals surface area contributed by atoms with E-state index < -0.39 is 5.97 Å². The summed E-state index contributed by atoms with van der Waals surface area (Å²) in [4.78, 5) is 10.7. The van der Waals surface area contributed by atoms with Crippen LogP contribution in [-0.2, 0) is 5.75 Å². The number of aliphatic hydroxyl groups is 1. The Hall–Kier alpha value is -0.940. The zero-order valence-corrected chi connectivity index (χ0v) is 9.29. The van der Waals surface area contributed by atoms with Crippen LogP contribution in [-0.4, -0.2) is 28.0 Å². The Labute approximate surface area is 92.3 Å². The summed E-state index contributed by atoms with van der Waals surface area (Å²) >= 11 is 1.61. The first kappa shape index (κ1) is 12.1. The van der Waals surface area contributed by atoms with Crippen molar-refractivity contribution in [2.75, 3.05) is 6.61 Å². The van der Waals surface area contributed by atoms with Gasteiger partial charge < -0.3 is 14.6 Å². The van der Waals surface area contributed by atoms with Gasteiger partial charge in [0.2, 0.25) is 5.76 Å². The van der Waals surface area contributed by atoms with Crippen LogP contribution in [0.5, 0.6) is 0 Å². The average molecular weight is 230 g/mol. The highest BCUT2D eigenvalue weighted by atomic mass is 32.2. The van der Waals surface area contributed by atoms with Gasteiger partial charge in [-0.3, -0.25) is 0 Å². The monoisotopic (exact) mass is 230 g/mol. The number of aromatic carboxylic acids is 1. The van der Waals surface area contributed by atoms with Gasteiger partial charge >= 0.3 is 5.97 Å². The standard InChI is InChI=1S/C10H14O4S/c1-7(2-4-11)15-6-8-3-5-14-9(8)10(12)13/h3,5,7,11H,2,4,6H2,1H3,(H,12,13). The van der Waals surface area contributed by atoms with Crippen LogP contribution in [0.3, 0.4) is 0 Å². The van der Waals surface area contributed by atoms with Crippen molar-refractivity contribution >= 4 is 17.7 Å². The molecule has 0 radical (unpaired) electrons. The van der Waals surface area contributed by atoms with Gasteiger partial charge in [-0.1, -0.05) is 6.92 Å². The number of carboxylic acid groups (broad SMARTS) is 1. The number of carbonyl (C=O) groups is 1. The Bertz CT molecular complexity index is 321. The molecule has 0 saturated heterocycles. The number of hydrogen-bond donors (Lipinski definition) is 2. The minimum Gasteiger partial charge on any atom is -0.475 e. The van der Waals surface area contributed by atoms with Gasteiger partial charge in [-0.15, -0.1) is 0 Å². The van der Waals surface area contributed by atoms with E-state index >= 15 is 0 Å². The van der Waals surface area contributed by atoms with E-state index in [9.17, 15) is 4.79 Å². The van der Waals surface area contributed by atoms with E-state index in [0.29, 0.717) is 23.0 Å². The van der Waals surface area contributed by atoms with E-state index in [4.69, 9.17) is 14.6 Å². The summed E-state index contributed by atoms with van der Waals surface area (Å²) in [5, 5.41) is 17.8. The molecule has 0 saturated carbocycles. The first-order chi connectivity index (χ1) is 7.15. The summed E-state index contributed by atoms with van der Waals surface area (Å²) in [6.45, 7) is 2.16. The highest BCUT2D eigenvalue weighted by Crippen LogP contribution is 2.22. The molecular weight excluding hydrogens is 216 g/mol. The normalized spacial score (nSPS) is 12.7. The van der Waals surface area contributed by atoms with Crippen LogP contribution in [0.2, 0.25) is 0 Å². The summed E-state index contributed by atoms with van der Waals surface area (Å²) < 4.78 is 4.86. The summed E-state index contributed by atoms with van der Waals surface area (Å²) in [6, 6.07) is 1.67. The Kier molecular flexibility index (Phi) is 4.71. The van der Waals surface area contributed by atoms with E-state index in [1.54, 1.807) is 17.8 Å². The second-order valence-corrected chi connectivity index (χ2v) is 4.64. The van der Waals surface area contributed by atoms with E-state index in [2.05, 4.69) is 0 Å². The van der Waals surface area contributed by atoms with Crippen molar-refractivity contribution in [2.45, 2.75) is 24.3 Å². The third-order valence-electron chi connectivity index (χ3n) is 2.00. The molecule has 1 atom stereocenters. The first-order valence-electron chi connectivity index (χ1n) is 4.67. The largest absolute Gasteiger partial charge is 0.475 e. The average Bonchev–Trinajstić information content (AvgIpc) is 2.63. The highest BCUT2D eigenvalue weighted by Gasteiger charge is 2.14. The van der Waals surface area contributed by atoms with Crippen LogP contribution in [0, 0.1) is 0 Å². The molecule has 4 nitrogen and oxygen atoms in total. The molecule has 0 aliphatic carbocycles. The van der Waals surface area contributed by atoms with Gasteiger partial charge in [-0.2, -0.15) is 11.8 Å². The lowest BCUT2D eigenvalue weighted by molar-refractivity contribution is 0.0661. The summed E-state index contributed by atoms with van der Waals surface area (Å²) in [6.07, 6.45) is 2.10. The van der Waals surface area contributed by atoms with Crippen LogP contribution < -0.4 is 0 Å². The minimum atomic E-state index is -1.04. The van der Waals surface area contributed by atoms with Crippen molar-refractivity contribution in [3.05, 3.63) is 23.7 Å². The number of rotatable bonds is 6. The third-order valence-corrected chi connectivity index (χ3v) is 3.28. The second kappa shape index (κ2) is 5.82.